The number of rotatable bonds is 4. The van der Waals surface area contributed by atoms with Crippen LogP contribution in [0.4, 0.5) is 5.69 Å². The van der Waals surface area contributed by atoms with Gasteiger partial charge in [0, 0.05) is 17.3 Å². The van der Waals surface area contributed by atoms with Crippen LogP contribution in [0.5, 0.6) is 0 Å². The third kappa shape index (κ3) is 3.72. The van der Waals surface area contributed by atoms with Crippen molar-refractivity contribution in [3.63, 3.8) is 0 Å². The summed E-state index contributed by atoms with van der Waals surface area (Å²) in [4.78, 5) is 24.7. The fourth-order valence-corrected chi connectivity index (χ4v) is 3.05. The number of nitrogens with two attached hydrogens (primary N) is 1. The minimum atomic E-state index is -0.781. The molecule has 0 bridgehead atoms. The van der Waals surface area contributed by atoms with E-state index in [0.29, 0.717) is 17.3 Å². The Morgan fingerprint density at radius 3 is 2.52 bits per heavy atom. The van der Waals surface area contributed by atoms with Crippen LogP contribution in [0, 0.1) is 6.92 Å². The van der Waals surface area contributed by atoms with Crippen molar-refractivity contribution in [1.29, 1.82) is 0 Å². The van der Waals surface area contributed by atoms with E-state index in [9.17, 15) is 9.59 Å². The van der Waals surface area contributed by atoms with Gasteiger partial charge in [0.25, 0.3) is 5.91 Å². The predicted molar refractivity (Wildman–Crippen MR) is 90.3 cm³/mol. The number of aryl methyl sites for hydroxylation is 1. The van der Waals surface area contributed by atoms with Crippen LogP contribution in [0.1, 0.15) is 60.9 Å². The summed E-state index contributed by atoms with van der Waals surface area (Å²) in [6, 6.07) is 5.72. The summed E-state index contributed by atoms with van der Waals surface area (Å²) in [7, 11) is 0. The van der Waals surface area contributed by atoms with Gasteiger partial charge >= 0.3 is 0 Å². The Hall–Kier alpha value is -1.88. The maximum absolute atomic E-state index is 12.6. The fraction of sp³-hybridized carbons (Fsp3) is 0.556. The Morgan fingerprint density at radius 2 is 1.87 bits per heavy atom. The summed E-state index contributed by atoms with van der Waals surface area (Å²) in [5.74, 6) is -0.219. The molecule has 3 rings (SSSR count). The molecule has 0 atom stereocenters. The lowest BCUT2D eigenvalue weighted by Gasteiger charge is -2.32. The Morgan fingerprint density at radius 1 is 1.17 bits per heavy atom. The molecule has 0 aromatic heterocycles. The summed E-state index contributed by atoms with van der Waals surface area (Å²) >= 11 is 0. The van der Waals surface area contributed by atoms with E-state index in [1.165, 1.54) is 0 Å². The SMILES string of the molecule is Cc1ccc(C(=O)NC2CC2)cc1NC(=O)C1(N)CCCCC1. The minimum absolute atomic E-state index is 0.0804. The number of carbonyl (C=O) groups is 2. The van der Waals surface area contributed by atoms with Crippen LogP contribution in [-0.4, -0.2) is 23.4 Å². The highest BCUT2D eigenvalue weighted by Gasteiger charge is 2.35. The van der Waals surface area contributed by atoms with Crippen LogP contribution < -0.4 is 16.4 Å². The van der Waals surface area contributed by atoms with Crippen molar-refractivity contribution in [2.75, 3.05) is 5.32 Å². The molecule has 1 aromatic carbocycles. The van der Waals surface area contributed by atoms with E-state index < -0.39 is 5.54 Å². The lowest BCUT2D eigenvalue weighted by molar-refractivity contribution is -0.122. The Bertz CT molecular complexity index is 617. The van der Waals surface area contributed by atoms with Crippen molar-refractivity contribution in [3.8, 4) is 0 Å². The lowest BCUT2D eigenvalue weighted by atomic mass is 9.82. The number of amides is 2. The zero-order valence-corrected chi connectivity index (χ0v) is 13.7. The molecule has 5 heteroatoms. The summed E-state index contributed by atoms with van der Waals surface area (Å²) < 4.78 is 0. The molecule has 0 heterocycles. The molecule has 2 amide bonds. The van der Waals surface area contributed by atoms with E-state index in [4.69, 9.17) is 5.73 Å². The quantitative estimate of drug-likeness (QED) is 0.798. The van der Waals surface area contributed by atoms with Crippen LogP contribution >= 0.6 is 0 Å². The van der Waals surface area contributed by atoms with E-state index in [1.54, 1.807) is 12.1 Å². The molecule has 5 nitrogen and oxygen atoms in total. The maximum Gasteiger partial charge on any atom is 0.251 e. The van der Waals surface area contributed by atoms with Crippen molar-refractivity contribution in [2.24, 2.45) is 5.73 Å². The van der Waals surface area contributed by atoms with Crippen molar-refractivity contribution in [3.05, 3.63) is 29.3 Å². The third-order valence-electron chi connectivity index (χ3n) is 4.86. The molecule has 124 valence electrons. The maximum atomic E-state index is 12.6. The van der Waals surface area contributed by atoms with Gasteiger partial charge in [-0.1, -0.05) is 25.3 Å². The van der Waals surface area contributed by atoms with E-state index in [-0.39, 0.29) is 11.8 Å². The molecule has 23 heavy (non-hydrogen) atoms. The Labute approximate surface area is 137 Å². The van der Waals surface area contributed by atoms with Gasteiger partial charge in [-0.25, -0.2) is 0 Å². The normalized spacial score (nSPS) is 19.9. The summed E-state index contributed by atoms with van der Waals surface area (Å²) in [5, 5.41) is 5.91. The molecule has 0 radical (unpaired) electrons. The van der Waals surface area contributed by atoms with Gasteiger partial charge in [0.15, 0.2) is 0 Å². The third-order valence-corrected chi connectivity index (χ3v) is 4.86. The van der Waals surface area contributed by atoms with Gasteiger partial charge in [-0.3, -0.25) is 9.59 Å². The van der Waals surface area contributed by atoms with Crippen LogP contribution in [0.15, 0.2) is 18.2 Å². The van der Waals surface area contributed by atoms with Gasteiger partial charge in [-0.2, -0.15) is 0 Å². The zero-order chi connectivity index (χ0) is 16.4. The molecule has 2 aliphatic rings. The first-order valence-electron chi connectivity index (χ1n) is 8.50. The Balaban J connectivity index is 1.73. The van der Waals surface area contributed by atoms with Gasteiger partial charge in [0.1, 0.15) is 0 Å². The lowest BCUT2D eigenvalue weighted by Crippen LogP contribution is -2.52. The highest BCUT2D eigenvalue weighted by molar-refractivity contribution is 6.01. The number of carbonyl (C=O) groups excluding carboxylic acids is 2. The molecule has 4 N–H and O–H groups in total. The van der Waals surface area contributed by atoms with Gasteiger partial charge in [0.2, 0.25) is 5.91 Å². The molecule has 2 saturated carbocycles. The number of nitrogens with one attached hydrogen (secondary N) is 2. The summed E-state index contributed by atoms with van der Waals surface area (Å²) in [6.07, 6.45) is 6.68. The molecular weight excluding hydrogens is 290 g/mol. The van der Waals surface area contributed by atoms with Crippen molar-refractivity contribution in [2.45, 2.75) is 63.5 Å². The second-order valence-electron chi connectivity index (χ2n) is 6.95. The monoisotopic (exact) mass is 315 g/mol. The first kappa shape index (κ1) is 16.0. The molecule has 2 fully saturated rings. The number of anilines is 1. The fourth-order valence-electron chi connectivity index (χ4n) is 3.05. The van der Waals surface area contributed by atoms with Crippen LogP contribution in [0.25, 0.3) is 0 Å². The number of hydrogen-bond donors (Lipinski definition) is 3. The topological polar surface area (TPSA) is 84.2 Å². The average Bonchev–Trinajstić information content (AvgIpc) is 3.34. The smallest absolute Gasteiger partial charge is 0.251 e. The first-order chi connectivity index (χ1) is 11.0. The minimum Gasteiger partial charge on any atom is -0.349 e. The second-order valence-corrected chi connectivity index (χ2v) is 6.95. The van der Waals surface area contributed by atoms with Gasteiger partial charge < -0.3 is 16.4 Å². The van der Waals surface area contributed by atoms with Crippen molar-refractivity contribution < 1.29 is 9.59 Å². The summed E-state index contributed by atoms with van der Waals surface area (Å²) in [6.45, 7) is 1.92. The van der Waals surface area contributed by atoms with E-state index in [2.05, 4.69) is 10.6 Å². The summed E-state index contributed by atoms with van der Waals surface area (Å²) in [5.41, 5.74) is 7.68. The molecule has 0 saturated heterocycles. The van der Waals surface area contributed by atoms with Crippen LogP contribution in [0.3, 0.4) is 0 Å². The van der Waals surface area contributed by atoms with E-state index in [0.717, 1.165) is 50.5 Å². The van der Waals surface area contributed by atoms with Crippen LogP contribution in [-0.2, 0) is 4.79 Å². The van der Waals surface area contributed by atoms with Gasteiger partial charge in [-0.15, -0.1) is 0 Å². The van der Waals surface area contributed by atoms with Gasteiger partial charge in [0.05, 0.1) is 5.54 Å². The largest absolute Gasteiger partial charge is 0.349 e. The Kier molecular flexibility index (Phi) is 4.39. The average molecular weight is 315 g/mol. The highest BCUT2D eigenvalue weighted by atomic mass is 16.2. The molecule has 0 aliphatic heterocycles. The molecule has 1 aromatic rings. The van der Waals surface area contributed by atoms with Crippen molar-refractivity contribution in [1.82, 2.24) is 5.32 Å². The van der Waals surface area contributed by atoms with Crippen LogP contribution in [0.2, 0.25) is 0 Å². The van der Waals surface area contributed by atoms with Gasteiger partial charge in [-0.05, 0) is 50.3 Å². The van der Waals surface area contributed by atoms with E-state index >= 15 is 0 Å². The second kappa shape index (κ2) is 6.32. The molecule has 0 spiro atoms. The number of benzene rings is 1. The number of hydrogen-bond acceptors (Lipinski definition) is 3. The predicted octanol–water partition coefficient (Wildman–Crippen LogP) is 2.49. The molecular formula is C18H25N3O2. The highest BCUT2D eigenvalue weighted by Crippen LogP contribution is 2.28. The van der Waals surface area contributed by atoms with E-state index in [1.807, 2.05) is 13.0 Å². The molecule has 2 aliphatic carbocycles. The standard InChI is InChI=1S/C18H25N3O2/c1-12-5-6-13(16(22)20-14-7-8-14)11-15(12)21-17(23)18(19)9-3-2-4-10-18/h5-6,11,14H,2-4,7-10,19H2,1H3,(H,20,22)(H,21,23). The van der Waals surface area contributed by atoms with Crippen molar-refractivity contribution >= 4 is 17.5 Å². The first-order valence-corrected chi connectivity index (χ1v) is 8.50. The zero-order valence-electron chi connectivity index (χ0n) is 13.7. The molecule has 0 unspecified atom stereocenters.